The standard InChI is InChI=1S/C17H20N6/c18-7-10-5-13(6-10)23-9-14(15(22-23)11-1-2-11)17-16-12(3-4-19-17)8-20-21-16/h3-4,8-11,13H,1-2,5-7,18H2,(H,20,21). The number of fused-ring (bicyclic) bond motifs is 1. The van der Waals surface area contributed by atoms with Gasteiger partial charge in [-0.25, -0.2) is 0 Å². The molecule has 118 valence electrons. The van der Waals surface area contributed by atoms with Crippen molar-refractivity contribution in [2.75, 3.05) is 6.54 Å². The van der Waals surface area contributed by atoms with Gasteiger partial charge in [0.25, 0.3) is 0 Å². The topological polar surface area (TPSA) is 85.4 Å². The van der Waals surface area contributed by atoms with Crippen molar-refractivity contribution >= 4 is 10.9 Å². The Balaban J connectivity index is 1.59. The molecule has 2 fully saturated rings. The highest BCUT2D eigenvalue weighted by atomic mass is 15.3. The summed E-state index contributed by atoms with van der Waals surface area (Å²) in [5.74, 6) is 1.25. The quantitative estimate of drug-likeness (QED) is 0.776. The van der Waals surface area contributed by atoms with E-state index in [1.807, 2.05) is 18.5 Å². The number of aromatic nitrogens is 5. The van der Waals surface area contributed by atoms with Crippen molar-refractivity contribution in [2.45, 2.75) is 37.6 Å². The Labute approximate surface area is 134 Å². The number of nitrogens with one attached hydrogen (secondary N) is 1. The molecule has 0 aromatic carbocycles. The number of nitrogens with zero attached hydrogens (tertiary/aromatic N) is 4. The van der Waals surface area contributed by atoms with Crippen LogP contribution in [0.3, 0.4) is 0 Å². The molecule has 0 saturated heterocycles. The number of rotatable bonds is 4. The minimum Gasteiger partial charge on any atom is -0.330 e. The van der Waals surface area contributed by atoms with Gasteiger partial charge in [0.1, 0.15) is 0 Å². The van der Waals surface area contributed by atoms with Crippen LogP contribution in [0, 0.1) is 5.92 Å². The van der Waals surface area contributed by atoms with E-state index in [9.17, 15) is 0 Å². The van der Waals surface area contributed by atoms with E-state index in [2.05, 4.69) is 26.1 Å². The summed E-state index contributed by atoms with van der Waals surface area (Å²) in [6.45, 7) is 0.787. The lowest BCUT2D eigenvalue weighted by Gasteiger charge is -2.34. The van der Waals surface area contributed by atoms with Gasteiger partial charge in [-0.1, -0.05) is 0 Å². The number of aromatic amines is 1. The van der Waals surface area contributed by atoms with Gasteiger partial charge in [0.15, 0.2) is 0 Å². The summed E-state index contributed by atoms with van der Waals surface area (Å²) in [7, 11) is 0. The molecule has 0 radical (unpaired) electrons. The van der Waals surface area contributed by atoms with Gasteiger partial charge in [-0.05, 0) is 44.2 Å². The average molecular weight is 308 g/mol. The molecule has 6 heteroatoms. The molecule has 23 heavy (non-hydrogen) atoms. The van der Waals surface area contributed by atoms with Gasteiger partial charge in [-0.15, -0.1) is 0 Å². The number of hydrogen-bond donors (Lipinski definition) is 2. The maximum absolute atomic E-state index is 5.76. The van der Waals surface area contributed by atoms with Gasteiger partial charge in [-0.3, -0.25) is 14.8 Å². The van der Waals surface area contributed by atoms with E-state index < -0.39 is 0 Å². The van der Waals surface area contributed by atoms with Gasteiger partial charge < -0.3 is 5.73 Å². The van der Waals surface area contributed by atoms with E-state index in [4.69, 9.17) is 10.8 Å². The zero-order valence-corrected chi connectivity index (χ0v) is 12.9. The summed E-state index contributed by atoms with van der Waals surface area (Å²) in [5, 5.41) is 13.3. The largest absolute Gasteiger partial charge is 0.330 e. The minimum atomic E-state index is 0.496. The Morgan fingerprint density at radius 1 is 1.30 bits per heavy atom. The Hall–Kier alpha value is -2.21. The summed E-state index contributed by atoms with van der Waals surface area (Å²) >= 11 is 0. The summed E-state index contributed by atoms with van der Waals surface area (Å²) in [6, 6.07) is 2.48. The fourth-order valence-electron chi connectivity index (χ4n) is 3.61. The van der Waals surface area contributed by atoms with Crippen molar-refractivity contribution in [2.24, 2.45) is 11.7 Å². The predicted octanol–water partition coefficient (Wildman–Crippen LogP) is 2.61. The molecule has 6 nitrogen and oxygen atoms in total. The average Bonchev–Trinajstić information content (AvgIpc) is 3.09. The summed E-state index contributed by atoms with van der Waals surface area (Å²) in [4.78, 5) is 4.62. The summed E-state index contributed by atoms with van der Waals surface area (Å²) in [5.41, 5.74) is 10.1. The fourth-order valence-corrected chi connectivity index (χ4v) is 3.61. The van der Waals surface area contributed by atoms with E-state index >= 15 is 0 Å². The second kappa shape index (κ2) is 4.89. The molecule has 3 N–H and O–H groups in total. The lowest BCUT2D eigenvalue weighted by atomic mass is 9.80. The van der Waals surface area contributed by atoms with Crippen LogP contribution < -0.4 is 5.73 Å². The van der Waals surface area contributed by atoms with Gasteiger partial charge >= 0.3 is 0 Å². The zero-order valence-electron chi connectivity index (χ0n) is 12.9. The number of pyridine rings is 1. The maximum Gasteiger partial charge on any atom is 0.0993 e. The van der Waals surface area contributed by atoms with Crippen LogP contribution in [0.2, 0.25) is 0 Å². The molecule has 3 aromatic heterocycles. The van der Waals surface area contributed by atoms with Crippen molar-refractivity contribution in [3.05, 3.63) is 30.4 Å². The van der Waals surface area contributed by atoms with Crippen molar-refractivity contribution in [3.8, 4) is 11.3 Å². The Morgan fingerprint density at radius 2 is 2.17 bits per heavy atom. The highest BCUT2D eigenvalue weighted by Gasteiger charge is 2.35. The van der Waals surface area contributed by atoms with Crippen LogP contribution >= 0.6 is 0 Å². The van der Waals surface area contributed by atoms with Crippen molar-refractivity contribution < 1.29 is 0 Å². The van der Waals surface area contributed by atoms with Crippen LogP contribution in [0.1, 0.15) is 43.3 Å². The highest BCUT2D eigenvalue weighted by Crippen LogP contribution is 2.46. The van der Waals surface area contributed by atoms with Crippen molar-refractivity contribution in [3.63, 3.8) is 0 Å². The Bertz CT molecular complexity index is 853. The first-order valence-corrected chi connectivity index (χ1v) is 8.41. The van der Waals surface area contributed by atoms with Crippen molar-refractivity contribution in [1.82, 2.24) is 25.0 Å². The molecule has 5 rings (SSSR count). The Morgan fingerprint density at radius 3 is 2.96 bits per heavy atom. The van der Waals surface area contributed by atoms with Crippen LogP contribution in [0.25, 0.3) is 22.2 Å². The van der Waals surface area contributed by atoms with Crippen LogP contribution in [-0.4, -0.2) is 31.5 Å². The van der Waals surface area contributed by atoms with E-state index in [1.165, 1.54) is 24.1 Å². The smallest absolute Gasteiger partial charge is 0.0993 e. The third kappa shape index (κ3) is 2.09. The van der Waals surface area contributed by atoms with Crippen molar-refractivity contribution in [1.29, 1.82) is 0 Å². The molecule has 2 saturated carbocycles. The molecule has 0 amide bonds. The van der Waals surface area contributed by atoms with Crippen LogP contribution in [0.4, 0.5) is 0 Å². The normalized spacial score (nSPS) is 24.0. The molecule has 0 atom stereocenters. The van der Waals surface area contributed by atoms with Crippen LogP contribution in [0.15, 0.2) is 24.7 Å². The highest BCUT2D eigenvalue weighted by molar-refractivity contribution is 5.91. The van der Waals surface area contributed by atoms with E-state index in [-0.39, 0.29) is 0 Å². The SMILES string of the molecule is NCC1CC(n2cc(-c3nccc4cn[nH]c34)c(C3CC3)n2)C1. The second-order valence-corrected chi connectivity index (χ2v) is 6.90. The second-order valence-electron chi connectivity index (χ2n) is 6.90. The van der Waals surface area contributed by atoms with E-state index in [0.29, 0.717) is 17.9 Å². The van der Waals surface area contributed by atoms with Crippen LogP contribution in [0.5, 0.6) is 0 Å². The number of H-pyrrole nitrogens is 1. The summed E-state index contributed by atoms with van der Waals surface area (Å²) < 4.78 is 2.16. The van der Waals surface area contributed by atoms with Gasteiger partial charge in [0, 0.05) is 29.3 Å². The van der Waals surface area contributed by atoms with Gasteiger partial charge in [0.2, 0.25) is 0 Å². The number of nitrogens with two attached hydrogens (primary N) is 1. The molecule has 0 bridgehead atoms. The lowest BCUT2D eigenvalue weighted by molar-refractivity contribution is 0.189. The molecule has 0 unspecified atom stereocenters. The number of hydrogen-bond acceptors (Lipinski definition) is 4. The first-order valence-electron chi connectivity index (χ1n) is 8.41. The molecule has 3 heterocycles. The van der Waals surface area contributed by atoms with Gasteiger partial charge in [0.05, 0.1) is 29.1 Å². The molecule has 3 aromatic rings. The van der Waals surface area contributed by atoms with Crippen LogP contribution in [-0.2, 0) is 0 Å². The predicted molar refractivity (Wildman–Crippen MR) is 87.9 cm³/mol. The third-order valence-electron chi connectivity index (χ3n) is 5.26. The molecule has 0 spiro atoms. The lowest BCUT2D eigenvalue weighted by Crippen LogP contribution is -2.32. The fraction of sp³-hybridized carbons (Fsp3) is 0.471. The summed E-state index contributed by atoms with van der Waals surface area (Å²) in [6.07, 6.45) is 10.6. The zero-order chi connectivity index (χ0) is 15.4. The van der Waals surface area contributed by atoms with Gasteiger partial charge in [-0.2, -0.15) is 10.2 Å². The monoisotopic (exact) mass is 308 g/mol. The van der Waals surface area contributed by atoms with E-state index in [0.717, 1.165) is 36.0 Å². The molecule has 2 aliphatic rings. The molecular weight excluding hydrogens is 288 g/mol. The Kier molecular flexibility index (Phi) is 2.82. The molecule has 0 aliphatic heterocycles. The molecule has 2 aliphatic carbocycles. The maximum atomic E-state index is 5.76. The molecular formula is C17H20N6. The third-order valence-corrected chi connectivity index (χ3v) is 5.26. The van der Waals surface area contributed by atoms with E-state index in [1.54, 1.807) is 0 Å². The first-order chi connectivity index (χ1) is 11.3. The minimum absolute atomic E-state index is 0.496. The first kappa shape index (κ1) is 13.2.